The van der Waals surface area contributed by atoms with Crippen molar-refractivity contribution in [3.8, 4) is 23.0 Å². The van der Waals surface area contributed by atoms with E-state index >= 15 is 0 Å². The number of carbonyl (C=O) groups excluding carboxylic acids is 2. The number of esters is 2. The Labute approximate surface area is 192 Å². The summed E-state index contributed by atoms with van der Waals surface area (Å²) < 4.78 is 15.2. The van der Waals surface area contributed by atoms with Crippen LogP contribution in [0.15, 0.2) is 42.5 Å². The molecule has 1 aliphatic heterocycles. The van der Waals surface area contributed by atoms with Gasteiger partial charge in [0.2, 0.25) is 6.29 Å². The largest absolute Gasteiger partial charge is 0.508 e. The van der Waals surface area contributed by atoms with Crippen LogP contribution >= 0.6 is 0 Å². The van der Waals surface area contributed by atoms with E-state index < -0.39 is 72.1 Å². The Kier molecular flexibility index (Phi) is 7.58. The van der Waals surface area contributed by atoms with Gasteiger partial charge in [-0.05, 0) is 35.9 Å². The third-order valence-electron chi connectivity index (χ3n) is 4.89. The molecule has 0 saturated carbocycles. The number of aromatic hydroxyl groups is 4. The van der Waals surface area contributed by atoms with E-state index in [4.69, 9.17) is 14.2 Å². The number of carbonyl (C=O) groups is 2. The number of aliphatic hydroxyl groups is 3. The summed E-state index contributed by atoms with van der Waals surface area (Å²) >= 11 is 0. The molecule has 0 amide bonds. The first kappa shape index (κ1) is 24.8. The summed E-state index contributed by atoms with van der Waals surface area (Å²) in [6, 6.07) is 7.53. The molecule has 0 radical (unpaired) electrons. The molecule has 3 rings (SSSR count). The van der Waals surface area contributed by atoms with Gasteiger partial charge in [0.1, 0.15) is 36.8 Å². The second-order valence-electron chi connectivity index (χ2n) is 7.34. The Bertz CT molecular complexity index is 1040. The first-order valence-corrected chi connectivity index (χ1v) is 9.86. The third-order valence-corrected chi connectivity index (χ3v) is 4.89. The number of aliphatic hydroxyl groups excluding tert-OH is 3. The van der Waals surface area contributed by atoms with Crippen LogP contribution in [0.4, 0.5) is 0 Å². The van der Waals surface area contributed by atoms with Gasteiger partial charge in [0.05, 0.1) is 5.56 Å². The molecule has 0 spiro atoms. The fourth-order valence-electron chi connectivity index (χ4n) is 3.01. The maximum atomic E-state index is 12.3. The van der Waals surface area contributed by atoms with Crippen molar-refractivity contribution in [1.29, 1.82) is 0 Å². The van der Waals surface area contributed by atoms with Crippen molar-refractivity contribution >= 4 is 18.0 Å². The molecule has 1 fully saturated rings. The van der Waals surface area contributed by atoms with Gasteiger partial charge < -0.3 is 50.0 Å². The molecule has 7 N–H and O–H groups in total. The SMILES string of the molecule is O=C(/C=C/c1ccc(O)cc1)OCC1OC(OC(=O)c2cc(O)c(O)c(O)c2)C(O)C(O)C1O. The van der Waals surface area contributed by atoms with Gasteiger partial charge in [0.25, 0.3) is 0 Å². The summed E-state index contributed by atoms with van der Waals surface area (Å²) in [5.74, 6) is -4.45. The normalized spacial score (nSPS) is 24.6. The molecule has 12 nitrogen and oxygen atoms in total. The highest BCUT2D eigenvalue weighted by Gasteiger charge is 2.46. The summed E-state index contributed by atoms with van der Waals surface area (Å²) in [6.07, 6.45) is -6.10. The number of ether oxygens (including phenoxy) is 3. The zero-order chi connectivity index (χ0) is 25.0. The first-order chi connectivity index (χ1) is 16.1. The van der Waals surface area contributed by atoms with Crippen LogP contribution < -0.4 is 0 Å². The van der Waals surface area contributed by atoms with Crippen LogP contribution in [0.25, 0.3) is 6.08 Å². The van der Waals surface area contributed by atoms with Crippen LogP contribution in [0.5, 0.6) is 23.0 Å². The van der Waals surface area contributed by atoms with Crippen LogP contribution in [0.1, 0.15) is 15.9 Å². The minimum Gasteiger partial charge on any atom is -0.508 e. The molecular formula is C22H22O12. The molecular weight excluding hydrogens is 456 g/mol. The van der Waals surface area contributed by atoms with Crippen LogP contribution in [0, 0.1) is 0 Å². The molecule has 12 heteroatoms. The molecule has 1 saturated heterocycles. The lowest BCUT2D eigenvalue weighted by Gasteiger charge is -2.39. The van der Waals surface area contributed by atoms with Gasteiger partial charge in [-0.3, -0.25) is 0 Å². The molecule has 5 unspecified atom stereocenters. The van der Waals surface area contributed by atoms with E-state index in [1.165, 1.54) is 18.2 Å². The highest BCUT2D eigenvalue weighted by atomic mass is 16.7. The lowest BCUT2D eigenvalue weighted by atomic mass is 9.99. The molecule has 2 aromatic rings. The third kappa shape index (κ3) is 5.74. The van der Waals surface area contributed by atoms with Gasteiger partial charge in [-0.1, -0.05) is 12.1 Å². The summed E-state index contributed by atoms with van der Waals surface area (Å²) in [5, 5.41) is 67.9. The van der Waals surface area contributed by atoms with Crippen molar-refractivity contribution in [3.63, 3.8) is 0 Å². The Hall–Kier alpha value is -3.84. The van der Waals surface area contributed by atoms with E-state index in [1.807, 2.05) is 0 Å². The van der Waals surface area contributed by atoms with Gasteiger partial charge in [-0.25, -0.2) is 9.59 Å². The van der Waals surface area contributed by atoms with Gasteiger partial charge in [0, 0.05) is 6.08 Å². The predicted molar refractivity (Wildman–Crippen MR) is 112 cm³/mol. The standard InChI is InChI=1S/C22H22O12/c23-12-4-1-10(2-5-12)3-6-16(26)32-9-15-18(28)19(29)20(30)22(33-15)34-21(31)11-7-13(24)17(27)14(25)8-11/h1-8,15,18-20,22-25,27-30H,9H2/b6-3+. The Morgan fingerprint density at radius 2 is 1.53 bits per heavy atom. The number of benzene rings is 2. The average Bonchev–Trinajstić information content (AvgIpc) is 2.81. The summed E-state index contributed by atoms with van der Waals surface area (Å²) in [5.41, 5.74) is 0.187. The topological polar surface area (TPSA) is 203 Å². The quantitative estimate of drug-likeness (QED) is 0.163. The average molecular weight is 478 g/mol. The fraction of sp³-hybridized carbons (Fsp3) is 0.273. The number of hydrogen-bond donors (Lipinski definition) is 7. The Balaban J connectivity index is 1.62. The van der Waals surface area contributed by atoms with Crippen molar-refractivity contribution in [2.45, 2.75) is 30.7 Å². The van der Waals surface area contributed by atoms with E-state index in [0.717, 1.165) is 18.2 Å². The van der Waals surface area contributed by atoms with Crippen LogP contribution in [0.3, 0.4) is 0 Å². The van der Waals surface area contributed by atoms with Gasteiger partial charge in [-0.15, -0.1) is 0 Å². The Morgan fingerprint density at radius 3 is 2.15 bits per heavy atom. The number of rotatable bonds is 6. The molecule has 0 aliphatic carbocycles. The summed E-state index contributed by atoms with van der Waals surface area (Å²) in [4.78, 5) is 24.3. The molecule has 182 valence electrons. The first-order valence-electron chi connectivity index (χ1n) is 9.86. The lowest BCUT2D eigenvalue weighted by molar-refractivity contribution is -0.285. The molecule has 0 bridgehead atoms. The zero-order valence-electron chi connectivity index (χ0n) is 17.4. The molecule has 5 atom stereocenters. The van der Waals surface area contributed by atoms with Crippen molar-refractivity contribution < 1.29 is 59.5 Å². The molecule has 1 aliphatic rings. The van der Waals surface area contributed by atoms with E-state index in [2.05, 4.69) is 0 Å². The number of hydrogen-bond acceptors (Lipinski definition) is 12. The highest BCUT2D eigenvalue weighted by Crippen LogP contribution is 2.36. The van der Waals surface area contributed by atoms with Gasteiger partial charge in [0.15, 0.2) is 17.2 Å². The van der Waals surface area contributed by atoms with Crippen molar-refractivity contribution in [3.05, 3.63) is 53.6 Å². The highest BCUT2D eigenvalue weighted by molar-refractivity contribution is 5.91. The monoisotopic (exact) mass is 478 g/mol. The van der Waals surface area contributed by atoms with E-state index in [0.29, 0.717) is 5.56 Å². The van der Waals surface area contributed by atoms with E-state index in [-0.39, 0.29) is 5.75 Å². The number of phenolic OH excluding ortho intramolecular Hbond substituents is 4. The van der Waals surface area contributed by atoms with Gasteiger partial charge >= 0.3 is 11.9 Å². The van der Waals surface area contributed by atoms with E-state index in [9.17, 15) is 45.3 Å². The molecule has 2 aromatic carbocycles. The fourth-order valence-corrected chi connectivity index (χ4v) is 3.01. The van der Waals surface area contributed by atoms with Crippen LogP contribution in [0.2, 0.25) is 0 Å². The van der Waals surface area contributed by atoms with E-state index in [1.54, 1.807) is 12.1 Å². The number of phenols is 4. The van der Waals surface area contributed by atoms with Gasteiger partial charge in [-0.2, -0.15) is 0 Å². The molecule has 1 heterocycles. The van der Waals surface area contributed by atoms with Crippen molar-refractivity contribution in [2.24, 2.45) is 0 Å². The molecule has 0 aromatic heterocycles. The maximum Gasteiger partial charge on any atom is 0.340 e. The lowest BCUT2D eigenvalue weighted by Crippen LogP contribution is -2.59. The minimum absolute atomic E-state index is 0.0539. The van der Waals surface area contributed by atoms with Crippen LogP contribution in [-0.4, -0.2) is 85.0 Å². The maximum absolute atomic E-state index is 12.3. The van der Waals surface area contributed by atoms with Crippen LogP contribution in [-0.2, 0) is 19.0 Å². The van der Waals surface area contributed by atoms with Crippen molar-refractivity contribution in [2.75, 3.05) is 6.61 Å². The minimum atomic E-state index is -1.88. The second-order valence-corrected chi connectivity index (χ2v) is 7.34. The summed E-state index contributed by atoms with van der Waals surface area (Å²) in [7, 11) is 0. The Morgan fingerprint density at radius 1 is 0.912 bits per heavy atom. The predicted octanol–water partition coefficient (Wildman–Crippen LogP) is -0.270. The van der Waals surface area contributed by atoms with Crippen molar-refractivity contribution in [1.82, 2.24) is 0 Å². The molecule has 34 heavy (non-hydrogen) atoms. The second kappa shape index (κ2) is 10.4. The smallest absolute Gasteiger partial charge is 0.340 e. The zero-order valence-corrected chi connectivity index (χ0v) is 17.4. The summed E-state index contributed by atoms with van der Waals surface area (Å²) in [6.45, 7) is -0.571.